The molecule has 150 valence electrons. The van der Waals surface area contributed by atoms with E-state index in [4.69, 9.17) is 9.47 Å². The Morgan fingerprint density at radius 2 is 1.74 bits per heavy atom. The van der Waals surface area contributed by atoms with Crippen molar-refractivity contribution in [1.29, 1.82) is 0 Å². The third-order valence-electron chi connectivity index (χ3n) is 5.82. The zero-order chi connectivity index (χ0) is 19.1. The summed E-state index contributed by atoms with van der Waals surface area (Å²) in [4.78, 5) is 16.8. The molecule has 0 spiro atoms. The maximum atomic E-state index is 12.5. The minimum atomic E-state index is 0.114. The number of methoxy groups -OCH3 is 1. The van der Waals surface area contributed by atoms with Crippen molar-refractivity contribution in [3.05, 3.63) is 24.3 Å². The van der Waals surface area contributed by atoms with E-state index in [1.54, 1.807) is 7.11 Å². The summed E-state index contributed by atoms with van der Waals surface area (Å²) in [7, 11) is 1.66. The van der Waals surface area contributed by atoms with E-state index in [-0.39, 0.29) is 6.03 Å². The number of urea groups is 1. The van der Waals surface area contributed by atoms with E-state index < -0.39 is 0 Å². The first-order valence-electron chi connectivity index (χ1n) is 10.2. The zero-order valence-corrected chi connectivity index (χ0v) is 16.7. The first-order valence-corrected chi connectivity index (χ1v) is 10.2. The van der Waals surface area contributed by atoms with Gasteiger partial charge < -0.3 is 19.7 Å². The van der Waals surface area contributed by atoms with E-state index in [1.807, 2.05) is 29.2 Å². The minimum Gasteiger partial charge on any atom is -0.497 e. The monoisotopic (exact) mass is 375 g/mol. The topological polar surface area (TPSA) is 54.0 Å². The predicted octanol–water partition coefficient (Wildman–Crippen LogP) is 2.98. The van der Waals surface area contributed by atoms with E-state index in [1.165, 1.54) is 19.3 Å². The van der Waals surface area contributed by atoms with Gasteiger partial charge in [-0.1, -0.05) is 19.8 Å². The molecule has 1 heterocycles. The average molecular weight is 376 g/mol. The van der Waals surface area contributed by atoms with Gasteiger partial charge in [0, 0.05) is 38.8 Å². The van der Waals surface area contributed by atoms with Gasteiger partial charge in [0.05, 0.1) is 7.11 Å². The molecule has 2 atom stereocenters. The first-order chi connectivity index (χ1) is 13.2. The molecule has 2 fully saturated rings. The lowest BCUT2D eigenvalue weighted by Crippen LogP contribution is -2.55. The van der Waals surface area contributed by atoms with Gasteiger partial charge >= 0.3 is 6.03 Å². The summed E-state index contributed by atoms with van der Waals surface area (Å²) in [5, 5.41) is 3.26. The van der Waals surface area contributed by atoms with Gasteiger partial charge in [-0.15, -0.1) is 0 Å². The SMILES string of the molecule is COc1ccc(OCCN2CCN(C(=O)N[C@@H]3CCCC[C@@H]3C)CC2)cc1. The molecule has 1 saturated carbocycles. The van der Waals surface area contributed by atoms with Crippen molar-refractivity contribution in [2.75, 3.05) is 46.4 Å². The first kappa shape index (κ1) is 19.8. The van der Waals surface area contributed by atoms with E-state index in [9.17, 15) is 4.79 Å². The maximum Gasteiger partial charge on any atom is 0.317 e. The van der Waals surface area contributed by atoms with Gasteiger partial charge in [-0.05, 0) is 43.0 Å². The number of rotatable bonds is 6. The Morgan fingerprint density at radius 1 is 1.07 bits per heavy atom. The van der Waals surface area contributed by atoms with Crippen LogP contribution in [0.25, 0.3) is 0 Å². The number of carbonyl (C=O) groups excluding carboxylic acids is 1. The van der Waals surface area contributed by atoms with E-state index >= 15 is 0 Å². The highest BCUT2D eigenvalue weighted by Crippen LogP contribution is 2.24. The molecule has 1 N–H and O–H groups in total. The molecule has 0 radical (unpaired) electrons. The molecular formula is C21H33N3O3. The Kier molecular flexibility index (Phi) is 7.21. The fourth-order valence-corrected chi connectivity index (χ4v) is 3.92. The second kappa shape index (κ2) is 9.83. The summed E-state index contributed by atoms with van der Waals surface area (Å²) in [6.07, 6.45) is 4.88. The van der Waals surface area contributed by atoms with Crippen molar-refractivity contribution in [1.82, 2.24) is 15.1 Å². The average Bonchev–Trinajstić information content (AvgIpc) is 2.71. The number of nitrogens with one attached hydrogen (secondary N) is 1. The van der Waals surface area contributed by atoms with E-state index in [0.717, 1.165) is 50.6 Å². The van der Waals surface area contributed by atoms with Crippen LogP contribution in [-0.2, 0) is 0 Å². The van der Waals surface area contributed by atoms with Crippen molar-refractivity contribution in [3.63, 3.8) is 0 Å². The van der Waals surface area contributed by atoms with Gasteiger partial charge in [-0.25, -0.2) is 4.79 Å². The highest BCUT2D eigenvalue weighted by molar-refractivity contribution is 5.74. The number of amides is 2. The molecule has 2 amide bonds. The Morgan fingerprint density at radius 3 is 2.41 bits per heavy atom. The second-order valence-electron chi connectivity index (χ2n) is 7.67. The molecule has 3 rings (SSSR count). The molecule has 0 aromatic heterocycles. The van der Waals surface area contributed by atoms with Crippen LogP contribution >= 0.6 is 0 Å². The second-order valence-corrected chi connectivity index (χ2v) is 7.67. The van der Waals surface area contributed by atoms with Crippen molar-refractivity contribution in [2.24, 2.45) is 5.92 Å². The highest BCUT2D eigenvalue weighted by atomic mass is 16.5. The Bertz CT molecular complexity index is 585. The van der Waals surface area contributed by atoms with Crippen LogP contribution in [0.15, 0.2) is 24.3 Å². The quantitative estimate of drug-likeness (QED) is 0.831. The smallest absolute Gasteiger partial charge is 0.317 e. The fourth-order valence-electron chi connectivity index (χ4n) is 3.92. The molecule has 1 saturated heterocycles. The van der Waals surface area contributed by atoms with Crippen molar-refractivity contribution in [2.45, 2.75) is 38.6 Å². The lowest BCUT2D eigenvalue weighted by Gasteiger charge is -2.37. The van der Waals surface area contributed by atoms with Crippen molar-refractivity contribution >= 4 is 6.03 Å². The van der Waals surface area contributed by atoms with Crippen LogP contribution in [0.4, 0.5) is 4.79 Å². The lowest BCUT2D eigenvalue weighted by molar-refractivity contribution is 0.121. The van der Waals surface area contributed by atoms with Gasteiger partial charge in [-0.3, -0.25) is 4.90 Å². The molecule has 1 aliphatic carbocycles. The van der Waals surface area contributed by atoms with Crippen LogP contribution in [0, 0.1) is 5.92 Å². The van der Waals surface area contributed by atoms with Gasteiger partial charge in [-0.2, -0.15) is 0 Å². The summed E-state index contributed by atoms with van der Waals surface area (Å²) < 4.78 is 11.0. The molecule has 0 bridgehead atoms. The summed E-state index contributed by atoms with van der Waals surface area (Å²) in [6.45, 7) is 7.16. The third kappa shape index (κ3) is 5.76. The number of ether oxygens (including phenoxy) is 2. The molecule has 1 aromatic rings. The molecule has 1 aromatic carbocycles. The Hall–Kier alpha value is -1.95. The van der Waals surface area contributed by atoms with Crippen LogP contribution in [0.5, 0.6) is 11.5 Å². The van der Waals surface area contributed by atoms with E-state index in [0.29, 0.717) is 18.6 Å². The number of carbonyl (C=O) groups is 1. The summed E-state index contributed by atoms with van der Waals surface area (Å²) in [6, 6.07) is 8.12. The van der Waals surface area contributed by atoms with Gasteiger partial charge in [0.15, 0.2) is 0 Å². The predicted molar refractivity (Wildman–Crippen MR) is 106 cm³/mol. The van der Waals surface area contributed by atoms with Gasteiger partial charge in [0.1, 0.15) is 18.1 Å². The van der Waals surface area contributed by atoms with Crippen molar-refractivity contribution in [3.8, 4) is 11.5 Å². The van der Waals surface area contributed by atoms with Gasteiger partial charge in [0.2, 0.25) is 0 Å². The molecule has 6 heteroatoms. The van der Waals surface area contributed by atoms with Crippen LogP contribution < -0.4 is 14.8 Å². The molecule has 1 aliphatic heterocycles. The summed E-state index contributed by atoms with van der Waals surface area (Å²) in [5.74, 6) is 2.29. The number of nitrogens with zero attached hydrogens (tertiary/aromatic N) is 2. The standard InChI is InChI=1S/C21H33N3O3/c1-17-5-3-4-6-20(17)22-21(25)24-13-11-23(12-14-24)15-16-27-19-9-7-18(26-2)8-10-19/h7-10,17,20H,3-6,11-16H2,1-2H3,(H,22,25)/t17-,20+/m0/s1. The van der Waals surface area contributed by atoms with Gasteiger partial charge in [0.25, 0.3) is 0 Å². The third-order valence-corrected chi connectivity index (χ3v) is 5.82. The Balaban J connectivity index is 1.34. The highest BCUT2D eigenvalue weighted by Gasteiger charge is 2.26. The molecule has 2 aliphatic rings. The van der Waals surface area contributed by atoms with Crippen LogP contribution in [0.3, 0.4) is 0 Å². The summed E-state index contributed by atoms with van der Waals surface area (Å²) >= 11 is 0. The normalized spacial score (nSPS) is 23.7. The molecular weight excluding hydrogens is 342 g/mol. The van der Waals surface area contributed by atoms with E-state index in [2.05, 4.69) is 17.1 Å². The zero-order valence-electron chi connectivity index (χ0n) is 16.7. The summed E-state index contributed by atoms with van der Waals surface area (Å²) in [5.41, 5.74) is 0. The largest absolute Gasteiger partial charge is 0.497 e. The lowest BCUT2D eigenvalue weighted by atomic mass is 9.86. The molecule has 0 unspecified atom stereocenters. The maximum absolute atomic E-state index is 12.5. The number of hydrogen-bond donors (Lipinski definition) is 1. The molecule has 6 nitrogen and oxygen atoms in total. The van der Waals surface area contributed by atoms with Crippen LogP contribution in [0.1, 0.15) is 32.6 Å². The van der Waals surface area contributed by atoms with Crippen LogP contribution in [0.2, 0.25) is 0 Å². The minimum absolute atomic E-state index is 0.114. The fraction of sp³-hybridized carbons (Fsp3) is 0.667. The number of piperazine rings is 1. The van der Waals surface area contributed by atoms with Crippen molar-refractivity contribution < 1.29 is 14.3 Å². The number of hydrogen-bond acceptors (Lipinski definition) is 4. The molecule has 27 heavy (non-hydrogen) atoms. The Labute approximate surface area is 162 Å². The number of benzene rings is 1. The van der Waals surface area contributed by atoms with Crippen LogP contribution in [-0.4, -0.2) is 68.3 Å².